The molecule has 2 rings (SSSR count). The largest absolute Gasteiger partial charge is 0.369 e. The smallest absolute Gasteiger partial charge is 0.236 e. The summed E-state index contributed by atoms with van der Waals surface area (Å²) in [5.41, 5.74) is 11.3. The third-order valence-electron chi connectivity index (χ3n) is 4.59. The van der Waals surface area contributed by atoms with Crippen molar-refractivity contribution in [3.8, 4) is 0 Å². The summed E-state index contributed by atoms with van der Waals surface area (Å²) in [5.74, 6) is 0.0661. The Morgan fingerprint density at radius 1 is 1.19 bits per heavy atom. The predicted octanol–water partition coefficient (Wildman–Crippen LogP) is -0.199. The highest BCUT2D eigenvalue weighted by Crippen LogP contribution is 2.18. The molecule has 2 heterocycles. The minimum Gasteiger partial charge on any atom is -0.369 e. The van der Waals surface area contributed by atoms with Crippen LogP contribution in [0.2, 0.25) is 0 Å². The Labute approximate surface area is 132 Å². The molecule has 0 radical (unpaired) electrons. The molecule has 2 saturated heterocycles. The standard InChI is InChI=1S/C14H26N4O2.ClH/c1-10-7-17(6-4-12(10)15)9-13(19)18-5-2-3-11(8-18)14(16)20;/h10-12H,2-9,15H2,1H3,(H2,16,20);1H. The Balaban J connectivity index is 0.00000220. The molecule has 2 amide bonds. The van der Waals surface area contributed by atoms with E-state index in [1.54, 1.807) is 4.90 Å². The zero-order valence-electron chi connectivity index (χ0n) is 12.7. The summed E-state index contributed by atoms with van der Waals surface area (Å²) < 4.78 is 0. The number of nitrogens with two attached hydrogens (primary N) is 2. The number of halogens is 1. The van der Waals surface area contributed by atoms with Crippen molar-refractivity contribution in [3.05, 3.63) is 0 Å². The molecule has 4 N–H and O–H groups in total. The first kappa shape index (κ1) is 18.2. The van der Waals surface area contributed by atoms with Gasteiger partial charge >= 0.3 is 0 Å². The quantitative estimate of drug-likeness (QED) is 0.754. The third-order valence-corrected chi connectivity index (χ3v) is 4.59. The van der Waals surface area contributed by atoms with E-state index in [1.807, 2.05) is 0 Å². The number of carbonyl (C=O) groups is 2. The van der Waals surface area contributed by atoms with Crippen molar-refractivity contribution in [1.82, 2.24) is 9.80 Å². The van der Waals surface area contributed by atoms with Gasteiger partial charge in [-0.15, -0.1) is 12.4 Å². The van der Waals surface area contributed by atoms with E-state index in [0.717, 1.165) is 38.9 Å². The highest BCUT2D eigenvalue weighted by atomic mass is 35.5. The normalized spacial score (nSPS) is 30.6. The summed E-state index contributed by atoms with van der Waals surface area (Å²) in [6.45, 7) is 5.54. The van der Waals surface area contributed by atoms with Crippen LogP contribution in [0.1, 0.15) is 26.2 Å². The number of amides is 2. The summed E-state index contributed by atoms with van der Waals surface area (Å²) in [7, 11) is 0. The van der Waals surface area contributed by atoms with E-state index < -0.39 is 0 Å². The van der Waals surface area contributed by atoms with Crippen molar-refractivity contribution in [2.75, 3.05) is 32.7 Å². The number of primary amides is 1. The first-order valence-corrected chi connectivity index (χ1v) is 7.52. The van der Waals surface area contributed by atoms with Crippen LogP contribution in [-0.2, 0) is 9.59 Å². The van der Waals surface area contributed by atoms with Gasteiger partial charge in [-0.1, -0.05) is 6.92 Å². The molecule has 0 bridgehead atoms. The van der Waals surface area contributed by atoms with Gasteiger partial charge in [0.05, 0.1) is 12.5 Å². The first-order chi connectivity index (χ1) is 9.47. The molecule has 122 valence electrons. The molecule has 7 heteroatoms. The summed E-state index contributed by atoms with van der Waals surface area (Å²) in [6.07, 6.45) is 2.60. The molecule has 2 fully saturated rings. The Morgan fingerprint density at radius 2 is 1.90 bits per heavy atom. The van der Waals surface area contributed by atoms with Gasteiger partial charge in [-0.3, -0.25) is 14.5 Å². The van der Waals surface area contributed by atoms with Gasteiger partial charge in [-0.2, -0.15) is 0 Å². The lowest BCUT2D eigenvalue weighted by molar-refractivity contribution is -0.136. The zero-order chi connectivity index (χ0) is 14.7. The van der Waals surface area contributed by atoms with Gasteiger partial charge < -0.3 is 16.4 Å². The van der Waals surface area contributed by atoms with Gasteiger partial charge in [0.15, 0.2) is 0 Å². The van der Waals surface area contributed by atoms with Gasteiger partial charge in [0.2, 0.25) is 11.8 Å². The Morgan fingerprint density at radius 3 is 2.52 bits per heavy atom. The average molecular weight is 319 g/mol. The fourth-order valence-electron chi connectivity index (χ4n) is 3.12. The van der Waals surface area contributed by atoms with Crippen LogP contribution in [0.25, 0.3) is 0 Å². The zero-order valence-corrected chi connectivity index (χ0v) is 13.5. The van der Waals surface area contributed by atoms with Crippen LogP contribution in [0.3, 0.4) is 0 Å². The van der Waals surface area contributed by atoms with Crippen LogP contribution in [0.4, 0.5) is 0 Å². The molecule has 6 nitrogen and oxygen atoms in total. The van der Waals surface area contributed by atoms with Gasteiger partial charge in [-0.05, 0) is 25.2 Å². The van der Waals surface area contributed by atoms with Crippen molar-refractivity contribution in [2.24, 2.45) is 23.3 Å². The third kappa shape index (κ3) is 4.83. The molecule has 0 aromatic carbocycles. The Hall–Kier alpha value is -0.850. The van der Waals surface area contributed by atoms with E-state index in [9.17, 15) is 9.59 Å². The molecule has 2 aliphatic rings. The molecule has 0 spiro atoms. The first-order valence-electron chi connectivity index (χ1n) is 7.52. The second-order valence-corrected chi connectivity index (χ2v) is 6.25. The maximum atomic E-state index is 12.3. The number of hydrogen-bond acceptors (Lipinski definition) is 4. The highest BCUT2D eigenvalue weighted by Gasteiger charge is 2.29. The monoisotopic (exact) mass is 318 g/mol. The molecule has 0 aromatic heterocycles. The van der Waals surface area contributed by atoms with E-state index >= 15 is 0 Å². The average Bonchev–Trinajstić information content (AvgIpc) is 2.43. The van der Waals surface area contributed by atoms with Crippen molar-refractivity contribution < 1.29 is 9.59 Å². The number of rotatable bonds is 3. The molecule has 2 aliphatic heterocycles. The van der Waals surface area contributed by atoms with E-state index in [2.05, 4.69) is 11.8 Å². The second kappa shape index (κ2) is 7.96. The lowest BCUT2D eigenvalue weighted by Gasteiger charge is -2.37. The molecule has 3 atom stereocenters. The number of piperidine rings is 2. The van der Waals surface area contributed by atoms with Gasteiger partial charge in [0.25, 0.3) is 0 Å². The van der Waals surface area contributed by atoms with Crippen molar-refractivity contribution in [2.45, 2.75) is 32.2 Å². The highest BCUT2D eigenvalue weighted by molar-refractivity contribution is 5.85. The van der Waals surface area contributed by atoms with Crippen LogP contribution in [0.5, 0.6) is 0 Å². The molecule has 21 heavy (non-hydrogen) atoms. The van der Waals surface area contributed by atoms with Crippen LogP contribution < -0.4 is 11.5 Å². The van der Waals surface area contributed by atoms with E-state index in [0.29, 0.717) is 19.0 Å². The van der Waals surface area contributed by atoms with Gasteiger partial charge in [-0.25, -0.2) is 0 Å². The summed E-state index contributed by atoms with van der Waals surface area (Å²) in [5, 5.41) is 0. The summed E-state index contributed by atoms with van der Waals surface area (Å²) in [4.78, 5) is 27.5. The second-order valence-electron chi connectivity index (χ2n) is 6.25. The number of nitrogens with zero attached hydrogens (tertiary/aromatic N) is 2. The van der Waals surface area contributed by atoms with Crippen LogP contribution in [0.15, 0.2) is 0 Å². The molecule has 0 saturated carbocycles. The fraction of sp³-hybridized carbons (Fsp3) is 0.857. The van der Waals surface area contributed by atoms with Gasteiger partial charge in [0, 0.05) is 32.2 Å². The lowest BCUT2D eigenvalue weighted by Crippen LogP contribution is -2.51. The topological polar surface area (TPSA) is 92.7 Å². The minimum atomic E-state index is -0.292. The Kier molecular flexibility index (Phi) is 6.90. The number of carbonyl (C=O) groups excluding carboxylic acids is 2. The van der Waals surface area contributed by atoms with Crippen molar-refractivity contribution in [1.29, 1.82) is 0 Å². The van der Waals surface area contributed by atoms with Crippen LogP contribution in [-0.4, -0.2) is 60.4 Å². The molecule has 0 aliphatic carbocycles. The maximum Gasteiger partial charge on any atom is 0.236 e. The molecular weight excluding hydrogens is 292 g/mol. The Bertz CT molecular complexity index is 380. The summed E-state index contributed by atoms with van der Waals surface area (Å²) >= 11 is 0. The lowest BCUT2D eigenvalue weighted by atomic mass is 9.94. The van der Waals surface area contributed by atoms with Crippen molar-refractivity contribution in [3.63, 3.8) is 0 Å². The SMILES string of the molecule is CC1CN(CC(=O)N2CCCC(C(N)=O)C2)CCC1N.Cl. The van der Waals surface area contributed by atoms with Gasteiger partial charge in [0.1, 0.15) is 0 Å². The fourth-order valence-corrected chi connectivity index (χ4v) is 3.12. The van der Waals surface area contributed by atoms with Crippen LogP contribution >= 0.6 is 12.4 Å². The van der Waals surface area contributed by atoms with E-state index in [-0.39, 0.29) is 36.2 Å². The van der Waals surface area contributed by atoms with E-state index in [1.165, 1.54) is 0 Å². The molecular formula is C14H27ClN4O2. The minimum absolute atomic E-state index is 0. The molecule has 3 unspecified atom stereocenters. The van der Waals surface area contributed by atoms with E-state index in [4.69, 9.17) is 11.5 Å². The summed E-state index contributed by atoms with van der Waals surface area (Å²) in [6, 6.07) is 0.246. The van der Waals surface area contributed by atoms with Crippen molar-refractivity contribution >= 4 is 24.2 Å². The maximum absolute atomic E-state index is 12.3. The van der Waals surface area contributed by atoms with Crippen LogP contribution in [0, 0.1) is 11.8 Å². The molecule has 0 aromatic rings. The predicted molar refractivity (Wildman–Crippen MR) is 83.9 cm³/mol. The number of hydrogen-bond donors (Lipinski definition) is 2. The number of likely N-dealkylation sites (tertiary alicyclic amines) is 2.